The van der Waals surface area contributed by atoms with Crippen LogP contribution in [0.25, 0.3) is 0 Å². The molecule has 0 fully saturated rings. The zero-order valence-electron chi connectivity index (χ0n) is 11.4. The van der Waals surface area contributed by atoms with Crippen molar-refractivity contribution in [3.8, 4) is 5.75 Å². The molecule has 19 heavy (non-hydrogen) atoms. The molecule has 0 spiro atoms. The zero-order valence-corrected chi connectivity index (χ0v) is 11.4. The molecule has 1 unspecified atom stereocenters. The second kappa shape index (κ2) is 5.87. The molecule has 1 aromatic rings. The van der Waals surface area contributed by atoms with Gasteiger partial charge in [0.05, 0.1) is 0 Å². The summed E-state index contributed by atoms with van der Waals surface area (Å²) in [6.45, 7) is 4.39. The highest BCUT2D eigenvalue weighted by molar-refractivity contribution is 6.00. The Morgan fingerprint density at radius 2 is 2.21 bits per heavy atom. The molecule has 1 aliphatic rings. The van der Waals surface area contributed by atoms with Gasteiger partial charge in [-0.15, -0.1) is 0 Å². The number of carbonyl (C=O) groups excluding carboxylic acids is 2. The van der Waals surface area contributed by atoms with Gasteiger partial charge in [0, 0.05) is 18.5 Å². The molecule has 1 N–H and O–H groups in total. The van der Waals surface area contributed by atoms with Crippen LogP contribution in [0.4, 0.5) is 0 Å². The van der Waals surface area contributed by atoms with E-state index >= 15 is 0 Å². The maximum Gasteiger partial charge on any atom is 0.260 e. The van der Waals surface area contributed by atoms with E-state index < -0.39 is 6.10 Å². The Hall–Kier alpha value is -1.84. The Balaban J connectivity index is 2.00. The fraction of sp³-hybridized carbons (Fsp3) is 0.467. The summed E-state index contributed by atoms with van der Waals surface area (Å²) in [7, 11) is 0. The van der Waals surface area contributed by atoms with Crippen LogP contribution in [0.2, 0.25) is 0 Å². The number of rotatable bonds is 5. The van der Waals surface area contributed by atoms with Crippen molar-refractivity contribution in [2.45, 2.75) is 39.2 Å². The maximum atomic E-state index is 11.7. The quantitative estimate of drug-likeness (QED) is 0.883. The molecule has 1 aliphatic carbocycles. The minimum absolute atomic E-state index is 0.113. The molecule has 1 aromatic carbocycles. The van der Waals surface area contributed by atoms with Crippen molar-refractivity contribution in [3.05, 3.63) is 29.3 Å². The van der Waals surface area contributed by atoms with Crippen LogP contribution in [-0.2, 0) is 11.2 Å². The molecule has 1 amide bonds. The Bertz CT molecular complexity index is 496. The van der Waals surface area contributed by atoms with Crippen LogP contribution < -0.4 is 10.1 Å². The van der Waals surface area contributed by atoms with Gasteiger partial charge in [-0.05, 0) is 43.5 Å². The number of Topliss-reactive ketones (excluding diaryl/α,β-unsaturated/α-hetero) is 1. The topological polar surface area (TPSA) is 55.4 Å². The van der Waals surface area contributed by atoms with Crippen LogP contribution in [0, 0.1) is 0 Å². The van der Waals surface area contributed by atoms with E-state index in [4.69, 9.17) is 4.74 Å². The van der Waals surface area contributed by atoms with E-state index in [0.29, 0.717) is 18.7 Å². The third-order valence-electron chi connectivity index (χ3n) is 3.23. The lowest BCUT2D eigenvalue weighted by Gasteiger charge is -2.15. The number of benzene rings is 1. The number of carbonyl (C=O) groups is 2. The van der Waals surface area contributed by atoms with E-state index in [1.165, 1.54) is 0 Å². The lowest BCUT2D eigenvalue weighted by Crippen LogP contribution is -2.36. The standard InChI is InChI=1S/C15H19NO3/c1-3-8-16-15(18)10(2)19-12-5-6-13-11(9-12)4-7-14(13)17/h5-6,9-10H,3-4,7-8H2,1-2H3,(H,16,18). The molecule has 2 rings (SSSR count). The summed E-state index contributed by atoms with van der Waals surface area (Å²) in [6, 6.07) is 5.41. The molecule has 0 bridgehead atoms. The fourth-order valence-electron chi connectivity index (χ4n) is 2.15. The van der Waals surface area contributed by atoms with Crippen molar-refractivity contribution < 1.29 is 14.3 Å². The predicted octanol–water partition coefficient (Wildman–Crippen LogP) is 2.11. The van der Waals surface area contributed by atoms with E-state index in [9.17, 15) is 9.59 Å². The summed E-state index contributed by atoms with van der Waals surface area (Å²) < 4.78 is 5.61. The molecule has 4 nitrogen and oxygen atoms in total. The van der Waals surface area contributed by atoms with Gasteiger partial charge in [-0.25, -0.2) is 0 Å². The van der Waals surface area contributed by atoms with Gasteiger partial charge < -0.3 is 10.1 Å². The van der Waals surface area contributed by atoms with Crippen LogP contribution >= 0.6 is 0 Å². The number of aryl methyl sites for hydroxylation is 1. The van der Waals surface area contributed by atoms with Gasteiger partial charge in [0.25, 0.3) is 5.91 Å². The normalized spacial score (nSPS) is 14.9. The number of ketones is 1. The molecule has 0 radical (unpaired) electrons. The first kappa shape index (κ1) is 13.6. The predicted molar refractivity (Wildman–Crippen MR) is 72.5 cm³/mol. The van der Waals surface area contributed by atoms with E-state index in [1.54, 1.807) is 19.1 Å². The summed E-state index contributed by atoms with van der Waals surface area (Å²) >= 11 is 0. The second-order valence-electron chi connectivity index (χ2n) is 4.79. The van der Waals surface area contributed by atoms with Gasteiger partial charge in [0.15, 0.2) is 11.9 Å². The minimum atomic E-state index is -0.526. The minimum Gasteiger partial charge on any atom is -0.481 e. The van der Waals surface area contributed by atoms with Gasteiger partial charge in [-0.3, -0.25) is 9.59 Å². The van der Waals surface area contributed by atoms with E-state index in [-0.39, 0.29) is 11.7 Å². The SMILES string of the molecule is CCCNC(=O)C(C)Oc1ccc2c(c1)CCC2=O. The summed E-state index contributed by atoms with van der Waals surface area (Å²) in [5.74, 6) is 0.723. The van der Waals surface area contributed by atoms with Crippen LogP contribution in [0.1, 0.15) is 42.6 Å². The average Bonchev–Trinajstić information content (AvgIpc) is 2.77. The average molecular weight is 261 g/mol. The highest BCUT2D eigenvalue weighted by Crippen LogP contribution is 2.26. The smallest absolute Gasteiger partial charge is 0.260 e. The van der Waals surface area contributed by atoms with Crippen molar-refractivity contribution in [3.63, 3.8) is 0 Å². The van der Waals surface area contributed by atoms with Crippen LogP contribution in [0.3, 0.4) is 0 Å². The lowest BCUT2D eigenvalue weighted by molar-refractivity contribution is -0.127. The van der Waals surface area contributed by atoms with E-state index in [2.05, 4.69) is 5.32 Å². The van der Waals surface area contributed by atoms with Gasteiger partial charge in [0.1, 0.15) is 5.75 Å². The molecule has 0 aromatic heterocycles. The van der Waals surface area contributed by atoms with Crippen LogP contribution in [0.5, 0.6) is 5.75 Å². The van der Waals surface area contributed by atoms with Crippen molar-refractivity contribution in [2.75, 3.05) is 6.54 Å². The summed E-state index contributed by atoms with van der Waals surface area (Å²) in [5, 5.41) is 2.79. The van der Waals surface area contributed by atoms with Crippen LogP contribution in [-0.4, -0.2) is 24.3 Å². The first-order valence-electron chi connectivity index (χ1n) is 6.72. The molecule has 0 heterocycles. The Labute approximate surface area is 113 Å². The number of fused-ring (bicyclic) bond motifs is 1. The molecule has 0 saturated heterocycles. The largest absolute Gasteiger partial charge is 0.481 e. The first-order valence-corrected chi connectivity index (χ1v) is 6.72. The van der Waals surface area contributed by atoms with Gasteiger partial charge in [-0.2, -0.15) is 0 Å². The van der Waals surface area contributed by atoms with Gasteiger partial charge >= 0.3 is 0 Å². The van der Waals surface area contributed by atoms with Crippen molar-refractivity contribution in [1.29, 1.82) is 0 Å². The Morgan fingerprint density at radius 3 is 2.95 bits per heavy atom. The summed E-state index contributed by atoms with van der Waals surface area (Å²) in [5.41, 5.74) is 1.80. The third-order valence-corrected chi connectivity index (χ3v) is 3.23. The van der Waals surface area contributed by atoms with Gasteiger partial charge in [0.2, 0.25) is 0 Å². The molecule has 102 valence electrons. The third kappa shape index (κ3) is 3.13. The van der Waals surface area contributed by atoms with Crippen LogP contribution in [0.15, 0.2) is 18.2 Å². The number of hydrogen-bond acceptors (Lipinski definition) is 3. The van der Waals surface area contributed by atoms with Gasteiger partial charge in [-0.1, -0.05) is 6.92 Å². The molecular weight excluding hydrogens is 242 g/mol. The highest BCUT2D eigenvalue weighted by Gasteiger charge is 2.20. The fourth-order valence-corrected chi connectivity index (χ4v) is 2.15. The second-order valence-corrected chi connectivity index (χ2v) is 4.79. The van der Waals surface area contributed by atoms with E-state index in [1.807, 2.05) is 13.0 Å². The summed E-state index contributed by atoms with van der Waals surface area (Å²) in [4.78, 5) is 23.2. The number of ether oxygens (including phenoxy) is 1. The number of amides is 1. The molecular formula is C15H19NO3. The van der Waals surface area contributed by atoms with Crippen molar-refractivity contribution in [2.24, 2.45) is 0 Å². The van der Waals surface area contributed by atoms with Crippen molar-refractivity contribution >= 4 is 11.7 Å². The van der Waals surface area contributed by atoms with Crippen molar-refractivity contribution in [1.82, 2.24) is 5.32 Å². The number of hydrogen-bond donors (Lipinski definition) is 1. The first-order chi connectivity index (χ1) is 9.11. The lowest BCUT2D eigenvalue weighted by atomic mass is 10.1. The zero-order chi connectivity index (χ0) is 13.8. The maximum absolute atomic E-state index is 11.7. The monoisotopic (exact) mass is 261 g/mol. The molecule has 4 heteroatoms. The number of nitrogens with one attached hydrogen (secondary N) is 1. The summed E-state index contributed by atoms with van der Waals surface area (Å²) in [6.07, 6.45) is 1.72. The van der Waals surface area contributed by atoms with E-state index in [0.717, 1.165) is 24.0 Å². The Morgan fingerprint density at radius 1 is 1.42 bits per heavy atom. The Kier molecular flexibility index (Phi) is 4.20. The highest BCUT2D eigenvalue weighted by atomic mass is 16.5. The molecule has 0 saturated carbocycles. The molecule has 0 aliphatic heterocycles. The molecule has 1 atom stereocenters.